The standard InChI is InChI=1S/C27H28FN6OP/c1-33(2)23-10-21(19-6-4-3-5-17(19)13-35)34-22-9-16(7-8-20(22)32-24(23)34)18-11-30-25(31-12-18)26(29)14-27(28,36)15-26/h3-9,11-13,21,23H,10,14-15,29,36H2,1-2H3. The van der Waals surface area contributed by atoms with Crippen LogP contribution in [0.3, 0.4) is 0 Å². The highest BCUT2D eigenvalue weighted by atomic mass is 31.0. The van der Waals surface area contributed by atoms with Crippen molar-refractivity contribution in [1.29, 1.82) is 0 Å². The van der Waals surface area contributed by atoms with E-state index in [1.54, 1.807) is 12.4 Å². The van der Waals surface area contributed by atoms with Crippen LogP contribution in [0.2, 0.25) is 0 Å². The minimum Gasteiger partial charge on any atom is -0.319 e. The monoisotopic (exact) mass is 502 g/mol. The van der Waals surface area contributed by atoms with E-state index in [0.717, 1.165) is 46.3 Å². The number of benzene rings is 2. The second kappa shape index (κ2) is 8.23. The molecule has 3 atom stereocenters. The molecule has 1 aliphatic carbocycles. The van der Waals surface area contributed by atoms with Crippen LogP contribution in [0.4, 0.5) is 4.39 Å². The van der Waals surface area contributed by atoms with Crippen LogP contribution in [0, 0.1) is 0 Å². The lowest BCUT2D eigenvalue weighted by Crippen LogP contribution is -2.55. The van der Waals surface area contributed by atoms with Crippen molar-refractivity contribution < 1.29 is 9.18 Å². The van der Waals surface area contributed by atoms with Crippen LogP contribution in [0.15, 0.2) is 54.9 Å². The number of aldehydes is 1. The molecule has 0 bridgehead atoms. The first-order valence-electron chi connectivity index (χ1n) is 12.0. The number of carbonyl (C=O) groups excluding carboxylic acids is 1. The molecule has 6 rings (SSSR count). The Labute approximate surface area is 211 Å². The molecular formula is C27H28FN6OP. The van der Waals surface area contributed by atoms with E-state index in [0.29, 0.717) is 11.4 Å². The first-order valence-corrected chi connectivity index (χ1v) is 12.6. The SMILES string of the molecule is CN(C)C1CC(c2ccccc2C=O)n2c1nc1ccc(-c3cnc(C4(N)CC(F)(P)C4)nc3)cc12. The van der Waals surface area contributed by atoms with Crippen LogP contribution in [0.25, 0.3) is 22.2 Å². The van der Waals surface area contributed by atoms with Crippen molar-refractivity contribution >= 4 is 26.6 Å². The maximum absolute atomic E-state index is 14.0. The van der Waals surface area contributed by atoms with E-state index < -0.39 is 10.9 Å². The van der Waals surface area contributed by atoms with Gasteiger partial charge in [-0.15, -0.1) is 0 Å². The van der Waals surface area contributed by atoms with Gasteiger partial charge in [0.1, 0.15) is 23.3 Å². The number of hydrogen-bond acceptors (Lipinski definition) is 6. The fourth-order valence-electron chi connectivity index (χ4n) is 5.79. The van der Waals surface area contributed by atoms with Crippen molar-refractivity contribution in [2.45, 2.75) is 42.3 Å². The number of nitrogens with zero attached hydrogens (tertiary/aromatic N) is 5. The minimum atomic E-state index is -1.34. The molecule has 7 nitrogen and oxygen atoms in total. The Morgan fingerprint density at radius 1 is 1.14 bits per heavy atom. The van der Waals surface area contributed by atoms with Crippen LogP contribution in [0.1, 0.15) is 58.9 Å². The van der Waals surface area contributed by atoms with Crippen molar-refractivity contribution in [1.82, 2.24) is 24.4 Å². The number of nitrogens with two attached hydrogens (primary N) is 1. The zero-order chi connectivity index (χ0) is 25.2. The fourth-order valence-corrected chi connectivity index (χ4v) is 6.52. The molecule has 1 fully saturated rings. The third kappa shape index (κ3) is 3.67. The maximum Gasteiger partial charge on any atom is 0.150 e. The van der Waals surface area contributed by atoms with Gasteiger partial charge in [-0.05, 0) is 43.8 Å². The van der Waals surface area contributed by atoms with E-state index in [9.17, 15) is 9.18 Å². The molecule has 184 valence electrons. The third-order valence-corrected chi connectivity index (χ3v) is 7.94. The number of fused-ring (bicyclic) bond motifs is 3. The normalized spacial score (nSPS) is 27.3. The molecule has 2 aliphatic rings. The van der Waals surface area contributed by atoms with E-state index in [-0.39, 0.29) is 24.9 Å². The van der Waals surface area contributed by atoms with Crippen LogP contribution >= 0.6 is 9.24 Å². The molecule has 1 aliphatic heterocycles. The average molecular weight is 503 g/mol. The van der Waals surface area contributed by atoms with Gasteiger partial charge in [0.05, 0.1) is 28.7 Å². The van der Waals surface area contributed by atoms with Crippen molar-refractivity contribution in [3.63, 3.8) is 0 Å². The van der Waals surface area contributed by atoms with Gasteiger partial charge in [0.2, 0.25) is 0 Å². The van der Waals surface area contributed by atoms with E-state index in [1.165, 1.54) is 0 Å². The molecule has 4 aromatic rings. The fraction of sp³-hybridized carbons (Fsp3) is 0.333. The second-order valence-corrected chi connectivity index (χ2v) is 11.4. The summed E-state index contributed by atoms with van der Waals surface area (Å²) in [5, 5.41) is -1.34. The van der Waals surface area contributed by atoms with Gasteiger partial charge >= 0.3 is 0 Å². The Kier molecular flexibility index (Phi) is 5.34. The molecule has 9 heteroatoms. The van der Waals surface area contributed by atoms with Crippen LogP contribution in [-0.2, 0) is 5.54 Å². The molecular weight excluding hydrogens is 474 g/mol. The Balaban J connectivity index is 1.42. The first kappa shape index (κ1) is 23.3. The number of halogens is 1. The summed E-state index contributed by atoms with van der Waals surface area (Å²) in [6.45, 7) is 0. The molecule has 0 saturated heterocycles. The Bertz CT molecular complexity index is 1470. The number of alkyl halides is 1. The zero-order valence-corrected chi connectivity index (χ0v) is 21.4. The lowest BCUT2D eigenvalue weighted by atomic mass is 9.74. The topological polar surface area (TPSA) is 89.9 Å². The van der Waals surface area contributed by atoms with Gasteiger partial charge in [-0.1, -0.05) is 39.6 Å². The zero-order valence-electron chi connectivity index (χ0n) is 20.2. The predicted molar refractivity (Wildman–Crippen MR) is 140 cm³/mol. The lowest BCUT2D eigenvalue weighted by molar-refractivity contribution is 0.0595. The highest BCUT2D eigenvalue weighted by Crippen LogP contribution is 2.52. The van der Waals surface area contributed by atoms with E-state index >= 15 is 0 Å². The summed E-state index contributed by atoms with van der Waals surface area (Å²) in [6, 6.07) is 14.0. The van der Waals surface area contributed by atoms with E-state index in [4.69, 9.17) is 10.7 Å². The molecule has 3 heterocycles. The van der Waals surface area contributed by atoms with Gasteiger partial charge < -0.3 is 10.3 Å². The van der Waals surface area contributed by atoms with Crippen molar-refractivity contribution in [3.8, 4) is 11.1 Å². The number of aromatic nitrogens is 4. The summed E-state index contributed by atoms with van der Waals surface area (Å²) < 4.78 is 16.3. The van der Waals surface area contributed by atoms with Gasteiger partial charge in [-0.2, -0.15) is 0 Å². The van der Waals surface area contributed by atoms with Gasteiger partial charge in [0.25, 0.3) is 0 Å². The Morgan fingerprint density at radius 2 is 1.86 bits per heavy atom. The first-order chi connectivity index (χ1) is 17.2. The molecule has 1 saturated carbocycles. The van der Waals surface area contributed by atoms with Crippen LogP contribution in [0.5, 0.6) is 0 Å². The molecule has 2 N–H and O–H groups in total. The summed E-state index contributed by atoms with van der Waals surface area (Å²) in [7, 11) is 6.34. The summed E-state index contributed by atoms with van der Waals surface area (Å²) in [5.41, 5.74) is 10.9. The molecule has 0 spiro atoms. The molecule has 36 heavy (non-hydrogen) atoms. The second-order valence-electron chi connectivity index (χ2n) is 10.4. The number of carbonyl (C=O) groups is 1. The van der Waals surface area contributed by atoms with Crippen molar-refractivity contribution in [2.75, 3.05) is 14.1 Å². The highest BCUT2D eigenvalue weighted by molar-refractivity contribution is 7.18. The van der Waals surface area contributed by atoms with Gasteiger partial charge in [-0.25, -0.2) is 19.3 Å². The smallest absolute Gasteiger partial charge is 0.150 e. The van der Waals surface area contributed by atoms with E-state index in [1.807, 2.05) is 36.4 Å². The number of rotatable bonds is 5. The number of imidazole rings is 1. The van der Waals surface area contributed by atoms with Crippen LogP contribution in [-0.4, -0.2) is 50.2 Å². The summed E-state index contributed by atoms with van der Waals surface area (Å²) >= 11 is 0. The highest BCUT2D eigenvalue weighted by Gasteiger charge is 2.53. The maximum atomic E-state index is 14.0. The summed E-state index contributed by atoms with van der Waals surface area (Å²) in [4.78, 5) is 28.0. The predicted octanol–water partition coefficient (Wildman–Crippen LogP) is 4.39. The average Bonchev–Trinajstić information content (AvgIpc) is 3.40. The molecule has 3 unspecified atom stereocenters. The third-order valence-electron chi connectivity index (χ3n) is 7.53. The van der Waals surface area contributed by atoms with Crippen molar-refractivity contribution in [2.24, 2.45) is 5.73 Å². The minimum absolute atomic E-state index is 0.00345. The summed E-state index contributed by atoms with van der Waals surface area (Å²) in [5.74, 6) is 1.46. The Hall–Kier alpha value is -3.06. The quantitative estimate of drug-likeness (QED) is 0.322. The number of hydrogen-bond donors (Lipinski definition) is 1. The van der Waals surface area contributed by atoms with Gasteiger partial charge in [0, 0.05) is 36.4 Å². The Morgan fingerprint density at radius 3 is 2.53 bits per heavy atom. The molecule has 2 aromatic carbocycles. The summed E-state index contributed by atoms with van der Waals surface area (Å²) in [6.07, 6.45) is 5.65. The molecule has 0 amide bonds. The molecule has 0 radical (unpaired) electrons. The van der Waals surface area contributed by atoms with Crippen LogP contribution < -0.4 is 5.73 Å². The molecule has 2 aromatic heterocycles. The van der Waals surface area contributed by atoms with Gasteiger partial charge in [0.15, 0.2) is 0 Å². The largest absolute Gasteiger partial charge is 0.319 e. The van der Waals surface area contributed by atoms with E-state index in [2.05, 4.69) is 48.8 Å². The van der Waals surface area contributed by atoms with Crippen molar-refractivity contribution in [3.05, 3.63) is 77.6 Å². The van der Waals surface area contributed by atoms with Gasteiger partial charge in [-0.3, -0.25) is 9.69 Å². The lowest BCUT2D eigenvalue weighted by Gasteiger charge is -2.46.